The minimum atomic E-state index is -0.476. The summed E-state index contributed by atoms with van der Waals surface area (Å²) in [5, 5.41) is 3.15. The van der Waals surface area contributed by atoms with Gasteiger partial charge in [-0.1, -0.05) is 38.3 Å². The molecule has 0 aliphatic heterocycles. The number of hydrogen-bond acceptors (Lipinski definition) is 3. The Balaban J connectivity index is 1.78. The summed E-state index contributed by atoms with van der Waals surface area (Å²) in [5.74, 6) is 1.72. The highest BCUT2D eigenvalue weighted by atomic mass is 16.5. The largest absolute Gasteiger partial charge is 0.497 e. The molecule has 2 aromatic carbocycles. The first kappa shape index (κ1) is 20.2. The van der Waals surface area contributed by atoms with Crippen molar-refractivity contribution in [1.82, 2.24) is 0 Å². The van der Waals surface area contributed by atoms with E-state index in [1.807, 2.05) is 48.5 Å². The molecule has 2 aromatic rings. The molecule has 0 saturated heterocycles. The fourth-order valence-electron chi connectivity index (χ4n) is 3.90. The number of hydrogen-bond donors (Lipinski definition) is 1. The summed E-state index contributed by atoms with van der Waals surface area (Å²) in [6.45, 7) is 4.15. The van der Waals surface area contributed by atoms with Gasteiger partial charge in [0.2, 0.25) is 5.91 Å². The molecule has 0 spiro atoms. The normalized spacial score (nSPS) is 16.8. The first-order valence-electron chi connectivity index (χ1n) is 10.3. The van der Waals surface area contributed by atoms with Crippen molar-refractivity contribution < 1.29 is 14.3 Å². The van der Waals surface area contributed by atoms with Crippen LogP contribution in [0.4, 0.5) is 5.69 Å². The van der Waals surface area contributed by atoms with E-state index in [0.717, 1.165) is 54.9 Å². The van der Waals surface area contributed by atoms with E-state index in [4.69, 9.17) is 9.47 Å². The molecular weight excluding hydrogens is 350 g/mol. The Morgan fingerprint density at radius 1 is 1.00 bits per heavy atom. The molecule has 0 bridgehead atoms. The maximum absolute atomic E-state index is 13.4. The second-order valence-electron chi connectivity index (χ2n) is 7.69. The Morgan fingerprint density at radius 3 is 2.18 bits per heavy atom. The van der Waals surface area contributed by atoms with Gasteiger partial charge in [-0.05, 0) is 68.1 Å². The average molecular weight is 382 g/mol. The summed E-state index contributed by atoms with van der Waals surface area (Å²) in [7, 11) is 1.66. The van der Waals surface area contributed by atoms with E-state index in [9.17, 15) is 4.79 Å². The lowest BCUT2D eigenvalue weighted by atomic mass is 9.68. The van der Waals surface area contributed by atoms with Crippen LogP contribution >= 0.6 is 0 Å². The number of ether oxygens (including phenoxy) is 2. The van der Waals surface area contributed by atoms with Crippen molar-refractivity contribution >= 4 is 11.6 Å². The predicted octanol–water partition coefficient (Wildman–Crippen LogP) is 5.71. The smallest absolute Gasteiger partial charge is 0.235 e. The summed E-state index contributed by atoms with van der Waals surface area (Å²) < 4.78 is 11.1. The molecular formula is C24H31NO3. The third kappa shape index (κ3) is 4.49. The lowest BCUT2D eigenvalue weighted by Crippen LogP contribution is -2.42. The van der Waals surface area contributed by atoms with E-state index < -0.39 is 5.41 Å². The number of rotatable bonds is 7. The van der Waals surface area contributed by atoms with Gasteiger partial charge in [-0.3, -0.25) is 4.79 Å². The molecule has 1 aliphatic rings. The molecule has 1 aliphatic carbocycles. The SMILES string of the molecule is CCC(C)Oc1ccc(NC(=O)C2(c3ccc(OC)cc3)CCCCC2)cc1. The molecule has 1 unspecified atom stereocenters. The van der Waals surface area contributed by atoms with E-state index in [2.05, 4.69) is 19.2 Å². The van der Waals surface area contributed by atoms with Crippen molar-refractivity contribution in [3.8, 4) is 11.5 Å². The minimum Gasteiger partial charge on any atom is -0.497 e. The van der Waals surface area contributed by atoms with Gasteiger partial charge < -0.3 is 14.8 Å². The van der Waals surface area contributed by atoms with E-state index >= 15 is 0 Å². The number of nitrogens with one attached hydrogen (secondary N) is 1. The van der Waals surface area contributed by atoms with Crippen LogP contribution in [0.15, 0.2) is 48.5 Å². The summed E-state index contributed by atoms with van der Waals surface area (Å²) in [6, 6.07) is 15.6. The second-order valence-corrected chi connectivity index (χ2v) is 7.69. The number of benzene rings is 2. The van der Waals surface area contributed by atoms with Gasteiger partial charge in [0.15, 0.2) is 0 Å². The molecule has 1 N–H and O–H groups in total. The van der Waals surface area contributed by atoms with Gasteiger partial charge in [0, 0.05) is 5.69 Å². The molecule has 1 fully saturated rings. The zero-order valence-electron chi connectivity index (χ0n) is 17.2. The Morgan fingerprint density at radius 2 is 1.61 bits per heavy atom. The second kappa shape index (κ2) is 9.13. The lowest BCUT2D eigenvalue weighted by Gasteiger charge is -2.36. The number of methoxy groups -OCH3 is 1. The third-order valence-electron chi connectivity index (χ3n) is 5.81. The molecule has 1 atom stereocenters. The van der Waals surface area contributed by atoms with Gasteiger partial charge >= 0.3 is 0 Å². The van der Waals surface area contributed by atoms with Crippen LogP contribution < -0.4 is 14.8 Å². The van der Waals surface area contributed by atoms with Gasteiger partial charge in [0.25, 0.3) is 0 Å². The summed E-state index contributed by atoms with van der Waals surface area (Å²) >= 11 is 0. The van der Waals surface area contributed by atoms with Crippen LogP contribution in [-0.4, -0.2) is 19.1 Å². The zero-order chi connectivity index (χ0) is 20.0. The molecule has 150 valence electrons. The first-order chi connectivity index (χ1) is 13.6. The molecule has 1 amide bonds. The van der Waals surface area contributed by atoms with Gasteiger partial charge in [-0.25, -0.2) is 0 Å². The predicted molar refractivity (Wildman–Crippen MR) is 113 cm³/mol. The van der Waals surface area contributed by atoms with Crippen LogP contribution in [0.2, 0.25) is 0 Å². The minimum absolute atomic E-state index is 0.0768. The molecule has 4 nitrogen and oxygen atoms in total. The number of carbonyl (C=O) groups is 1. The molecule has 0 radical (unpaired) electrons. The Bertz CT molecular complexity index is 761. The van der Waals surface area contributed by atoms with E-state index in [1.54, 1.807) is 7.11 Å². The number of anilines is 1. The Hall–Kier alpha value is -2.49. The van der Waals surface area contributed by atoms with Crippen molar-refractivity contribution in [3.63, 3.8) is 0 Å². The highest BCUT2D eigenvalue weighted by Gasteiger charge is 2.41. The van der Waals surface area contributed by atoms with Crippen LogP contribution in [0.25, 0.3) is 0 Å². The summed E-state index contributed by atoms with van der Waals surface area (Å²) in [5.41, 5.74) is 1.40. The molecule has 0 heterocycles. The topological polar surface area (TPSA) is 47.6 Å². The Labute approximate surface area is 168 Å². The van der Waals surface area contributed by atoms with E-state index in [1.165, 1.54) is 6.42 Å². The van der Waals surface area contributed by atoms with Crippen molar-refractivity contribution in [1.29, 1.82) is 0 Å². The monoisotopic (exact) mass is 381 g/mol. The van der Waals surface area contributed by atoms with Gasteiger partial charge in [0.1, 0.15) is 11.5 Å². The molecule has 0 aromatic heterocycles. The van der Waals surface area contributed by atoms with Gasteiger partial charge in [-0.2, -0.15) is 0 Å². The number of carbonyl (C=O) groups excluding carboxylic acids is 1. The first-order valence-corrected chi connectivity index (χ1v) is 10.3. The highest BCUT2D eigenvalue weighted by Crippen LogP contribution is 2.41. The molecule has 3 rings (SSSR count). The standard InChI is InChI=1S/C24H31NO3/c1-4-18(2)28-22-14-10-20(11-15-22)25-23(26)24(16-6-5-7-17-24)19-8-12-21(27-3)13-9-19/h8-15,18H,4-7,16-17H2,1-3H3,(H,25,26). The highest BCUT2D eigenvalue weighted by molar-refractivity contribution is 5.99. The Kier molecular flexibility index (Phi) is 6.61. The quantitative estimate of drug-likeness (QED) is 0.668. The molecule has 4 heteroatoms. The van der Waals surface area contributed by atoms with Crippen LogP contribution in [0.1, 0.15) is 57.9 Å². The van der Waals surface area contributed by atoms with Gasteiger partial charge in [-0.15, -0.1) is 0 Å². The van der Waals surface area contributed by atoms with E-state index in [-0.39, 0.29) is 12.0 Å². The fourth-order valence-corrected chi connectivity index (χ4v) is 3.90. The molecule has 1 saturated carbocycles. The van der Waals surface area contributed by atoms with Crippen molar-refractivity contribution in [2.75, 3.05) is 12.4 Å². The van der Waals surface area contributed by atoms with Crippen molar-refractivity contribution in [2.24, 2.45) is 0 Å². The maximum atomic E-state index is 13.4. The maximum Gasteiger partial charge on any atom is 0.235 e. The lowest BCUT2D eigenvalue weighted by molar-refractivity contribution is -0.122. The van der Waals surface area contributed by atoms with Crippen molar-refractivity contribution in [3.05, 3.63) is 54.1 Å². The van der Waals surface area contributed by atoms with Gasteiger partial charge in [0.05, 0.1) is 18.6 Å². The third-order valence-corrected chi connectivity index (χ3v) is 5.81. The van der Waals surface area contributed by atoms with Crippen LogP contribution in [0, 0.1) is 0 Å². The average Bonchev–Trinajstić information content (AvgIpc) is 2.75. The van der Waals surface area contributed by atoms with Crippen LogP contribution in [0.5, 0.6) is 11.5 Å². The molecule has 28 heavy (non-hydrogen) atoms. The van der Waals surface area contributed by atoms with Crippen molar-refractivity contribution in [2.45, 2.75) is 63.9 Å². The fraction of sp³-hybridized carbons (Fsp3) is 0.458. The zero-order valence-corrected chi connectivity index (χ0v) is 17.2. The number of amides is 1. The summed E-state index contributed by atoms with van der Waals surface area (Å²) in [6.07, 6.45) is 6.22. The van der Waals surface area contributed by atoms with E-state index in [0.29, 0.717) is 0 Å². The summed E-state index contributed by atoms with van der Waals surface area (Å²) in [4.78, 5) is 13.4. The van der Waals surface area contributed by atoms with Crippen LogP contribution in [-0.2, 0) is 10.2 Å². The van der Waals surface area contributed by atoms with Crippen LogP contribution in [0.3, 0.4) is 0 Å².